The van der Waals surface area contributed by atoms with Crippen LogP contribution in [0.3, 0.4) is 0 Å². The van der Waals surface area contributed by atoms with E-state index in [-0.39, 0.29) is 18.6 Å². The molecule has 162 valence electrons. The summed E-state index contributed by atoms with van der Waals surface area (Å²) in [6, 6.07) is 12.5. The molecule has 0 unspecified atom stereocenters. The van der Waals surface area contributed by atoms with E-state index in [2.05, 4.69) is 5.32 Å². The van der Waals surface area contributed by atoms with Crippen molar-refractivity contribution in [1.82, 2.24) is 5.32 Å². The molecule has 0 aliphatic heterocycles. The van der Waals surface area contributed by atoms with Crippen LogP contribution < -0.4 is 20.4 Å². The number of carbonyl (C=O) groups excluding carboxylic acids is 2. The molecule has 0 saturated heterocycles. The largest absolute Gasteiger partial charge is 0.497 e. The Labute approximate surface area is 178 Å². The third kappa shape index (κ3) is 5.22. The van der Waals surface area contributed by atoms with Crippen LogP contribution in [0.25, 0.3) is 11.0 Å². The topological polar surface area (TPSA) is 104 Å². The molecule has 2 aromatic carbocycles. The Morgan fingerprint density at radius 3 is 2.32 bits per heavy atom. The molecule has 0 bridgehead atoms. The van der Waals surface area contributed by atoms with Crippen molar-refractivity contribution in [1.29, 1.82) is 0 Å². The Hall–Kier alpha value is -3.81. The third-order valence-corrected chi connectivity index (χ3v) is 4.68. The fourth-order valence-corrected chi connectivity index (χ4v) is 3.10. The molecule has 0 aliphatic rings. The molecule has 1 N–H and O–H groups in total. The maximum absolute atomic E-state index is 12.9. The molecule has 0 radical (unpaired) electrons. The lowest BCUT2D eigenvalue weighted by Gasteiger charge is -2.19. The van der Waals surface area contributed by atoms with Crippen molar-refractivity contribution in [3.63, 3.8) is 0 Å². The zero-order valence-corrected chi connectivity index (χ0v) is 17.5. The highest BCUT2D eigenvalue weighted by molar-refractivity contribution is 5.97. The molecule has 1 amide bonds. The highest BCUT2D eigenvalue weighted by atomic mass is 16.5. The fourth-order valence-electron chi connectivity index (χ4n) is 3.10. The van der Waals surface area contributed by atoms with Gasteiger partial charge in [-0.05, 0) is 48.9 Å². The number of methoxy groups -OCH3 is 2. The molecule has 3 aromatic rings. The summed E-state index contributed by atoms with van der Waals surface area (Å²) in [5.74, 6) is 0.0581. The van der Waals surface area contributed by atoms with Gasteiger partial charge in [-0.15, -0.1) is 0 Å². The van der Waals surface area contributed by atoms with E-state index in [0.29, 0.717) is 28.0 Å². The first-order valence-corrected chi connectivity index (χ1v) is 9.67. The molecular weight excluding hydrogens is 402 g/mol. The Bertz CT molecular complexity index is 1130. The van der Waals surface area contributed by atoms with E-state index in [9.17, 15) is 14.4 Å². The molecule has 31 heavy (non-hydrogen) atoms. The summed E-state index contributed by atoms with van der Waals surface area (Å²) in [6.07, 6.45) is -0.0986. The van der Waals surface area contributed by atoms with Crippen molar-refractivity contribution >= 4 is 22.8 Å². The predicted octanol–water partition coefficient (Wildman–Crippen LogP) is 3.23. The molecule has 0 aliphatic carbocycles. The molecule has 0 spiro atoms. The smallest absolute Gasteiger partial charge is 0.349 e. The summed E-state index contributed by atoms with van der Waals surface area (Å²) in [5.41, 5.74) is 0.0394. The highest BCUT2D eigenvalue weighted by Crippen LogP contribution is 2.23. The number of esters is 1. The fraction of sp³-hybridized carbons (Fsp3) is 0.261. The third-order valence-electron chi connectivity index (χ3n) is 4.68. The van der Waals surface area contributed by atoms with Gasteiger partial charge in [0.1, 0.15) is 22.6 Å². The number of nitrogens with one attached hydrogen (secondary N) is 1. The average Bonchev–Trinajstić information content (AvgIpc) is 2.78. The van der Waals surface area contributed by atoms with E-state index < -0.39 is 23.5 Å². The molecule has 0 fully saturated rings. The Balaban J connectivity index is 1.92. The van der Waals surface area contributed by atoms with Gasteiger partial charge in [-0.25, -0.2) is 4.79 Å². The van der Waals surface area contributed by atoms with Crippen LogP contribution in [0.1, 0.15) is 35.3 Å². The number of rotatable bonds is 8. The first kappa shape index (κ1) is 21.9. The van der Waals surface area contributed by atoms with Crippen LogP contribution in [0.2, 0.25) is 0 Å². The number of hydrogen-bond acceptors (Lipinski definition) is 7. The lowest BCUT2D eigenvalue weighted by molar-refractivity contribution is -0.143. The zero-order chi connectivity index (χ0) is 22.4. The monoisotopic (exact) mass is 425 g/mol. The zero-order valence-electron chi connectivity index (χ0n) is 17.5. The number of amides is 1. The summed E-state index contributed by atoms with van der Waals surface area (Å²) >= 11 is 0. The van der Waals surface area contributed by atoms with E-state index in [1.165, 1.54) is 13.2 Å². The van der Waals surface area contributed by atoms with E-state index in [1.807, 2.05) is 0 Å². The van der Waals surface area contributed by atoms with Gasteiger partial charge >= 0.3 is 11.6 Å². The van der Waals surface area contributed by atoms with E-state index in [1.54, 1.807) is 56.5 Å². The second-order valence-corrected chi connectivity index (χ2v) is 6.66. The van der Waals surface area contributed by atoms with E-state index in [4.69, 9.17) is 18.6 Å². The maximum atomic E-state index is 12.9. The van der Waals surface area contributed by atoms with Crippen molar-refractivity contribution in [3.05, 3.63) is 70.1 Å². The Kier molecular flexibility index (Phi) is 6.92. The number of ether oxygens (including phenoxy) is 3. The molecule has 8 nitrogen and oxygen atoms in total. The number of carbonyl (C=O) groups is 2. The predicted molar refractivity (Wildman–Crippen MR) is 113 cm³/mol. The van der Waals surface area contributed by atoms with E-state index >= 15 is 0 Å². The van der Waals surface area contributed by atoms with Crippen LogP contribution in [0.4, 0.5) is 0 Å². The molecule has 3 rings (SSSR count). The van der Waals surface area contributed by atoms with E-state index in [0.717, 1.165) is 0 Å². The molecule has 1 aromatic heterocycles. The second-order valence-electron chi connectivity index (χ2n) is 6.66. The van der Waals surface area contributed by atoms with Crippen LogP contribution in [-0.2, 0) is 9.53 Å². The SMILES string of the molecule is CCOC(=O)C[C@H](NC(=O)c1cc2cc(OC)ccc2oc1=O)c1ccc(OC)cc1. The maximum Gasteiger partial charge on any atom is 0.349 e. The molecule has 8 heteroatoms. The number of hydrogen-bond donors (Lipinski definition) is 1. The van der Waals surface area contributed by atoms with Crippen LogP contribution >= 0.6 is 0 Å². The normalized spacial score (nSPS) is 11.6. The van der Waals surface area contributed by atoms with Crippen molar-refractivity contribution in [2.24, 2.45) is 0 Å². The van der Waals surface area contributed by atoms with Crippen LogP contribution in [0, 0.1) is 0 Å². The minimum absolute atomic E-state index is 0.0986. The van der Waals surface area contributed by atoms with Crippen molar-refractivity contribution in [3.8, 4) is 11.5 Å². The molecule has 1 heterocycles. The first-order chi connectivity index (χ1) is 14.9. The standard InChI is InChI=1S/C23H23NO7/c1-4-30-21(25)13-19(14-5-7-16(28-2)8-6-14)24-22(26)18-12-15-11-17(29-3)9-10-20(15)31-23(18)27/h5-12,19H,4,13H2,1-3H3,(H,24,26)/t19-/m0/s1. The van der Waals surface area contributed by atoms with Crippen LogP contribution in [0.15, 0.2) is 57.7 Å². The summed E-state index contributed by atoms with van der Waals surface area (Å²) in [4.78, 5) is 37.4. The first-order valence-electron chi connectivity index (χ1n) is 9.67. The van der Waals surface area contributed by atoms with Gasteiger partial charge in [0.15, 0.2) is 0 Å². The van der Waals surface area contributed by atoms with Gasteiger partial charge in [0.25, 0.3) is 5.91 Å². The van der Waals surface area contributed by atoms with Gasteiger partial charge in [0.2, 0.25) is 0 Å². The molecule has 1 atom stereocenters. The summed E-state index contributed by atoms with van der Waals surface area (Å²) in [6.45, 7) is 1.92. The van der Waals surface area contributed by atoms with Gasteiger partial charge in [0.05, 0.1) is 33.3 Å². The number of fused-ring (bicyclic) bond motifs is 1. The van der Waals surface area contributed by atoms with Gasteiger partial charge in [-0.1, -0.05) is 12.1 Å². The van der Waals surface area contributed by atoms with Crippen LogP contribution in [-0.4, -0.2) is 32.7 Å². The minimum Gasteiger partial charge on any atom is -0.497 e. The van der Waals surface area contributed by atoms with Crippen molar-refractivity contribution in [2.75, 3.05) is 20.8 Å². The minimum atomic E-state index is -0.778. The average molecular weight is 425 g/mol. The summed E-state index contributed by atoms with van der Waals surface area (Å²) in [7, 11) is 3.06. The second kappa shape index (κ2) is 9.80. The molecular formula is C23H23NO7. The number of benzene rings is 2. The highest BCUT2D eigenvalue weighted by Gasteiger charge is 2.22. The lowest BCUT2D eigenvalue weighted by Crippen LogP contribution is -2.33. The Morgan fingerprint density at radius 1 is 1.00 bits per heavy atom. The van der Waals surface area contributed by atoms with Gasteiger partial charge in [-0.3, -0.25) is 9.59 Å². The Morgan fingerprint density at radius 2 is 1.68 bits per heavy atom. The summed E-state index contributed by atoms with van der Waals surface area (Å²) in [5, 5.41) is 3.28. The van der Waals surface area contributed by atoms with Gasteiger partial charge in [0, 0.05) is 5.39 Å². The van der Waals surface area contributed by atoms with Gasteiger partial charge in [-0.2, -0.15) is 0 Å². The van der Waals surface area contributed by atoms with Crippen molar-refractivity contribution in [2.45, 2.75) is 19.4 Å². The molecule has 0 saturated carbocycles. The summed E-state index contributed by atoms with van der Waals surface area (Å²) < 4.78 is 20.6. The lowest BCUT2D eigenvalue weighted by atomic mass is 10.0. The van der Waals surface area contributed by atoms with Gasteiger partial charge < -0.3 is 23.9 Å². The van der Waals surface area contributed by atoms with Crippen molar-refractivity contribution < 1.29 is 28.2 Å². The van der Waals surface area contributed by atoms with Crippen LogP contribution in [0.5, 0.6) is 11.5 Å². The quantitative estimate of drug-likeness (QED) is 0.436.